The van der Waals surface area contributed by atoms with E-state index in [2.05, 4.69) is 5.32 Å². The minimum atomic E-state index is -0.359. The van der Waals surface area contributed by atoms with Crippen LogP contribution in [0.1, 0.15) is 20.8 Å². The molecule has 0 aromatic heterocycles. The van der Waals surface area contributed by atoms with E-state index < -0.39 is 0 Å². The average molecular weight is 213 g/mol. The Labute approximate surface area is 90.4 Å². The molecular formula is C10H19N3O2. The molecule has 0 aliphatic carbocycles. The smallest absolute Gasteiger partial charge is 0.318 e. The molecule has 1 aliphatic heterocycles. The molecule has 0 spiro atoms. The molecule has 0 bridgehead atoms. The molecular weight excluding hydrogens is 194 g/mol. The molecule has 1 unspecified atom stereocenters. The minimum absolute atomic E-state index is 0.000145. The molecule has 1 atom stereocenters. The molecule has 0 aromatic carbocycles. The second kappa shape index (κ2) is 4.51. The summed E-state index contributed by atoms with van der Waals surface area (Å²) < 4.78 is 0. The Bertz CT molecular complexity index is 265. The van der Waals surface area contributed by atoms with Crippen LogP contribution in [0.3, 0.4) is 0 Å². The lowest BCUT2D eigenvalue weighted by Crippen LogP contribution is -2.59. The van der Waals surface area contributed by atoms with E-state index in [-0.39, 0.29) is 24.0 Å². The number of carbonyl (C=O) groups is 2. The van der Waals surface area contributed by atoms with Gasteiger partial charge in [0.15, 0.2) is 0 Å². The van der Waals surface area contributed by atoms with Crippen LogP contribution in [0.2, 0.25) is 0 Å². The van der Waals surface area contributed by atoms with Crippen LogP contribution in [-0.2, 0) is 4.79 Å². The molecule has 1 heterocycles. The van der Waals surface area contributed by atoms with Crippen LogP contribution in [-0.4, -0.2) is 54.0 Å². The SMILES string of the molecule is CC(C)NC(=O)N1CCN(C)C(=O)C1C. The molecule has 15 heavy (non-hydrogen) atoms. The van der Waals surface area contributed by atoms with E-state index in [1.165, 1.54) is 0 Å². The summed E-state index contributed by atoms with van der Waals surface area (Å²) in [7, 11) is 1.76. The number of amides is 3. The van der Waals surface area contributed by atoms with E-state index in [0.717, 1.165) is 0 Å². The number of nitrogens with one attached hydrogen (secondary N) is 1. The maximum absolute atomic E-state index is 11.7. The van der Waals surface area contributed by atoms with Gasteiger partial charge in [0.05, 0.1) is 0 Å². The molecule has 5 heteroatoms. The number of carbonyl (C=O) groups excluding carboxylic acids is 2. The highest BCUT2D eigenvalue weighted by molar-refractivity contribution is 5.87. The van der Waals surface area contributed by atoms with Crippen molar-refractivity contribution in [3.63, 3.8) is 0 Å². The van der Waals surface area contributed by atoms with Gasteiger partial charge in [0.2, 0.25) is 5.91 Å². The van der Waals surface area contributed by atoms with E-state index in [0.29, 0.717) is 13.1 Å². The summed E-state index contributed by atoms with van der Waals surface area (Å²) in [5.74, 6) is 0.000145. The van der Waals surface area contributed by atoms with Gasteiger partial charge >= 0.3 is 6.03 Å². The largest absolute Gasteiger partial charge is 0.342 e. The third-order valence-corrected chi connectivity index (χ3v) is 2.55. The Morgan fingerprint density at radius 2 is 2.07 bits per heavy atom. The molecule has 1 fully saturated rings. The predicted octanol–water partition coefficient (Wildman–Crippen LogP) is 0.267. The van der Waals surface area contributed by atoms with Gasteiger partial charge in [-0.1, -0.05) is 0 Å². The highest BCUT2D eigenvalue weighted by Crippen LogP contribution is 2.09. The lowest BCUT2D eigenvalue weighted by Gasteiger charge is -2.37. The van der Waals surface area contributed by atoms with Gasteiger partial charge in [-0.05, 0) is 20.8 Å². The number of piperazine rings is 1. The Kier molecular flexibility index (Phi) is 3.55. The molecule has 1 rings (SSSR count). The first-order chi connectivity index (χ1) is 6.93. The third-order valence-electron chi connectivity index (χ3n) is 2.55. The fraction of sp³-hybridized carbons (Fsp3) is 0.800. The molecule has 3 amide bonds. The zero-order chi connectivity index (χ0) is 11.6. The van der Waals surface area contributed by atoms with Crippen LogP contribution in [0.5, 0.6) is 0 Å². The quantitative estimate of drug-likeness (QED) is 0.679. The predicted molar refractivity (Wildman–Crippen MR) is 57.5 cm³/mol. The molecule has 86 valence electrons. The Hall–Kier alpha value is -1.26. The van der Waals surface area contributed by atoms with Crippen LogP contribution in [0.15, 0.2) is 0 Å². The molecule has 1 N–H and O–H groups in total. The van der Waals surface area contributed by atoms with E-state index in [1.807, 2.05) is 13.8 Å². The van der Waals surface area contributed by atoms with Crippen molar-refractivity contribution in [1.29, 1.82) is 0 Å². The number of hydrogen-bond acceptors (Lipinski definition) is 2. The number of urea groups is 1. The second-order valence-electron chi connectivity index (χ2n) is 4.23. The summed E-state index contributed by atoms with van der Waals surface area (Å²) in [6.07, 6.45) is 0. The zero-order valence-electron chi connectivity index (χ0n) is 9.78. The fourth-order valence-electron chi connectivity index (χ4n) is 1.62. The third kappa shape index (κ3) is 2.61. The van der Waals surface area contributed by atoms with Gasteiger partial charge in [-0.3, -0.25) is 4.79 Å². The van der Waals surface area contributed by atoms with Crippen molar-refractivity contribution in [3.8, 4) is 0 Å². The van der Waals surface area contributed by atoms with Crippen molar-refractivity contribution in [1.82, 2.24) is 15.1 Å². The summed E-state index contributed by atoms with van der Waals surface area (Å²) in [4.78, 5) is 26.6. The van der Waals surface area contributed by atoms with E-state index in [1.54, 1.807) is 23.8 Å². The molecule has 1 saturated heterocycles. The summed E-state index contributed by atoms with van der Waals surface area (Å²) in [5, 5.41) is 2.79. The van der Waals surface area contributed by atoms with Crippen LogP contribution in [0.4, 0.5) is 4.79 Å². The lowest BCUT2D eigenvalue weighted by atomic mass is 10.2. The van der Waals surface area contributed by atoms with Gasteiger partial charge in [0, 0.05) is 26.2 Å². The molecule has 0 saturated carbocycles. The fourth-order valence-corrected chi connectivity index (χ4v) is 1.62. The van der Waals surface area contributed by atoms with E-state index in [9.17, 15) is 9.59 Å². The van der Waals surface area contributed by atoms with Crippen molar-refractivity contribution in [3.05, 3.63) is 0 Å². The monoisotopic (exact) mass is 213 g/mol. The number of rotatable bonds is 1. The van der Waals surface area contributed by atoms with Crippen LogP contribution in [0, 0.1) is 0 Å². The first-order valence-electron chi connectivity index (χ1n) is 5.25. The molecule has 5 nitrogen and oxygen atoms in total. The highest BCUT2D eigenvalue weighted by Gasteiger charge is 2.32. The summed E-state index contributed by atoms with van der Waals surface area (Å²) in [6, 6.07) is -0.416. The van der Waals surface area contributed by atoms with Crippen molar-refractivity contribution >= 4 is 11.9 Å². The van der Waals surface area contributed by atoms with Crippen molar-refractivity contribution < 1.29 is 9.59 Å². The van der Waals surface area contributed by atoms with Gasteiger partial charge in [-0.15, -0.1) is 0 Å². The molecule has 0 radical (unpaired) electrons. The van der Waals surface area contributed by atoms with Crippen molar-refractivity contribution in [2.24, 2.45) is 0 Å². The minimum Gasteiger partial charge on any atom is -0.342 e. The van der Waals surface area contributed by atoms with E-state index in [4.69, 9.17) is 0 Å². The first-order valence-corrected chi connectivity index (χ1v) is 5.25. The number of hydrogen-bond donors (Lipinski definition) is 1. The molecule has 0 aromatic rings. The van der Waals surface area contributed by atoms with Gasteiger partial charge in [-0.25, -0.2) is 4.79 Å². The summed E-state index contributed by atoms with van der Waals surface area (Å²) in [5.41, 5.74) is 0. The van der Waals surface area contributed by atoms with Crippen LogP contribution in [0.25, 0.3) is 0 Å². The summed E-state index contributed by atoms with van der Waals surface area (Å²) >= 11 is 0. The van der Waals surface area contributed by atoms with Crippen LogP contribution < -0.4 is 5.32 Å². The highest BCUT2D eigenvalue weighted by atomic mass is 16.2. The van der Waals surface area contributed by atoms with Gasteiger partial charge in [0.1, 0.15) is 6.04 Å². The normalized spacial score (nSPS) is 22.2. The maximum Gasteiger partial charge on any atom is 0.318 e. The number of nitrogens with zero attached hydrogens (tertiary/aromatic N) is 2. The zero-order valence-corrected chi connectivity index (χ0v) is 9.78. The standard InChI is InChI=1S/C10H19N3O2/c1-7(2)11-10(15)13-6-5-12(4)9(14)8(13)3/h7-8H,5-6H2,1-4H3,(H,11,15). The van der Waals surface area contributed by atoms with Gasteiger partial charge < -0.3 is 15.1 Å². The van der Waals surface area contributed by atoms with Crippen molar-refractivity contribution in [2.75, 3.05) is 20.1 Å². The first kappa shape index (κ1) is 11.8. The topological polar surface area (TPSA) is 52.7 Å². The second-order valence-corrected chi connectivity index (χ2v) is 4.23. The lowest BCUT2D eigenvalue weighted by molar-refractivity contribution is -0.137. The van der Waals surface area contributed by atoms with Gasteiger partial charge in [0.25, 0.3) is 0 Å². The Morgan fingerprint density at radius 1 is 1.47 bits per heavy atom. The average Bonchev–Trinajstić information content (AvgIpc) is 2.13. The van der Waals surface area contributed by atoms with Crippen LogP contribution >= 0.6 is 0 Å². The maximum atomic E-state index is 11.7. The van der Waals surface area contributed by atoms with Gasteiger partial charge in [-0.2, -0.15) is 0 Å². The van der Waals surface area contributed by atoms with E-state index >= 15 is 0 Å². The molecule has 1 aliphatic rings. The van der Waals surface area contributed by atoms with Crippen molar-refractivity contribution in [2.45, 2.75) is 32.9 Å². The summed E-state index contributed by atoms with van der Waals surface area (Å²) in [6.45, 7) is 6.77. The Balaban J connectivity index is 2.63. The number of likely N-dealkylation sites (N-methyl/N-ethyl adjacent to an activating group) is 1. The Morgan fingerprint density at radius 3 is 2.60 bits per heavy atom.